The molecule has 1 saturated heterocycles. The normalized spacial score (nSPS) is 18.8. The molecule has 2 rings (SSSR count). The molecule has 0 saturated carbocycles. The number of rotatable bonds is 4. The fourth-order valence-electron chi connectivity index (χ4n) is 2.76. The number of nitrogens with zero attached hydrogens (tertiary/aromatic N) is 1. The molecule has 1 aromatic carbocycles. The number of piperidine rings is 1. The van der Waals surface area contributed by atoms with Gasteiger partial charge in [0.15, 0.2) is 0 Å². The first-order valence-electron chi connectivity index (χ1n) is 6.85. The molecule has 0 radical (unpaired) electrons. The van der Waals surface area contributed by atoms with Crippen molar-refractivity contribution in [3.63, 3.8) is 0 Å². The van der Waals surface area contributed by atoms with Gasteiger partial charge >= 0.3 is 0 Å². The molecule has 18 heavy (non-hydrogen) atoms. The zero-order valence-corrected chi connectivity index (χ0v) is 11.3. The number of benzene rings is 1. The van der Waals surface area contributed by atoms with Crippen LogP contribution in [0, 0.1) is 0 Å². The highest BCUT2D eigenvalue weighted by molar-refractivity contribution is 5.20. The fourth-order valence-corrected chi connectivity index (χ4v) is 2.76. The maximum atomic E-state index is 3.75. The van der Waals surface area contributed by atoms with Crippen LogP contribution in [0.5, 0.6) is 0 Å². The average Bonchev–Trinajstić information content (AvgIpc) is 2.41. The van der Waals surface area contributed by atoms with Gasteiger partial charge in [0.2, 0.25) is 0 Å². The third-order valence-electron chi connectivity index (χ3n) is 3.73. The third-order valence-corrected chi connectivity index (χ3v) is 3.73. The van der Waals surface area contributed by atoms with E-state index in [4.69, 9.17) is 0 Å². The first kappa shape index (κ1) is 13.1. The Labute approximate surface area is 111 Å². The number of hydrogen-bond donors (Lipinski definition) is 0. The Balaban J connectivity index is 1.85. The summed E-state index contributed by atoms with van der Waals surface area (Å²) in [5, 5.41) is 0. The Kier molecular flexibility index (Phi) is 4.77. The van der Waals surface area contributed by atoms with Crippen LogP contribution in [0.3, 0.4) is 0 Å². The molecule has 1 aliphatic heterocycles. The van der Waals surface area contributed by atoms with E-state index in [1.807, 2.05) is 6.08 Å². The summed E-state index contributed by atoms with van der Waals surface area (Å²) in [6.45, 7) is 9.45. The van der Waals surface area contributed by atoms with Crippen LogP contribution in [0.1, 0.15) is 31.2 Å². The van der Waals surface area contributed by atoms with Gasteiger partial charge in [0, 0.05) is 6.54 Å². The Morgan fingerprint density at radius 1 is 1.28 bits per heavy atom. The van der Waals surface area contributed by atoms with Crippen molar-refractivity contribution in [2.45, 2.75) is 25.7 Å². The van der Waals surface area contributed by atoms with Crippen LogP contribution in [-0.4, -0.2) is 24.5 Å². The first-order chi connectivity index (χ1) is 8.79. The van der Waals surface area contributed by atoms with Gasteiger partial charge in [-0.1, -0.05) is 54.6 Å². The van der Waals surface area contributed by atoms with Gasteiger partial charge in [0.1, 0.15) is 0 Å². The summed E-state index contributed by atoms with van der Waals surface area (Å²) in [5.74, 6) is 0.756. The number of likely N-dealkylation sites (tertiary alicyclic amines) is 1. The van der Waals surface area contributed by atoms with Gasteiger partial charge in [-0.2, -0.15) is 0 Å². The summed E-state index contributed by atoms with van der Waals surface area (Å²) < 4.78 is 0. The first-order valence-corrected chi connectivity index (χ1v) is 6.85. The second-order valence-corrected chi connectivity index (χ2v) is 5.21. The van der Waals surface area contributed by atoms with Crippen molar-refractivity contribution >= 4 is 0 Å². The number of allylic oxidation sites excluding steroid dienone is 2. The molecule has 1 heteroatoms. The Bertz CT molecular complexity index is 397. The minimum absolute atomic E-state index is 0.756. The van der Waals surface area contributed by atoms with Crippen LogP contribution in [0.2, 0.25) is 0 Å². The average molecular weight is 241 g/mol. The Morgan fingerprint density at radius 2 is 1.94 bits per heavy atom. The second-order valence-electron chi connectivity index (χ2n) is 5.21. The smallest absolute Gasteiger partial charge is 0.0193 e. The maximum absolute atomic E-state index is 3.75. The summed E-state index contributed by atoms with van der Waals surface area (Å²) >= 11 is 0. The summed E-state index contributed by atoms with van der Waals surface area (Å²) in [7, 11) is 0. The monoisotopic (exact) mass is 241 g/mol. The van der Waals surface area contributed by atoms with E-state index < -0.39 is 0 Å². The van der Waals surface area contributed by atoms with E-state index in [2.05, 4.69) is 54.8 Å². The van der Waals surface area contributed by atoms with Crippen molar-refractivity contribution in [2.24, 2.45) is 0 Å². The van der Waals surface area contributed by atoms with Crippen molar-refractivity contribution in [1.29, 1.82) is 0 Å². The summed E-state index contributed by atoms with van der Waals surface area (Å²) in [4.78, 5) is 2.55. The predicted octanol–water partition coefficient (Wildman–Crippen LogP) is 4.00. The van der Waals surface area contributed by atoms with Gasteiger partial charge < -0.3 is 0 Å². The molecular weight excluding hydrogens is 218 g/mol. The van der Waals surface area contributed by atoms with Crippen LogP contribution in [-0.2, 0) is 0 Å². The van der Waals surface area contributed by atoms with E-state index in [0.29, 0.717) is 0 Å². The lowest BCUT2D eigenvalue weighted by Crippen LogP contribution is -2.34. The zero-order chi connectivity index (χ0) is 12.8. The van der Waals surface area contributed by atoms with Gasteiger partial charge in [-0.3, -0.25) is 4.90 Å². The SMILES string of the molecule is C=CC=C(C)CN1CCC(c2ccccc2)CC1. The van der Waals surface area contributed by atoms with Gasteiger partial charge in [-0.05, 0) is 44.3 Å². The molecule has 1 aromatic rings. The second kappa shape index (κ2) is 6.55. The fraction of sp³-hybridized carbons (Fsp3) is 0.412. The molecule has 0 unspecified atom stereocenters. The van der Waals surface area contributed by atoms with E-state index in [1.165, 1.54) is 37.1 Å². The Hall–Kier alpha value is -1.34. The Morgan fingerprint density at radius 3 is 2.56 bits per heavy atom. The molecule has 1 fully saturated rings. The lowest BCUT2D eigenvalue weighted by molar-refractivity contribution is 0.228. The van der Waals surface area contributed by atoms with Crippen LogP contribution in [0.4, 0.5) is 0 Å². The molecule has 1 nitrogen and oxygen atoms in total. The molecule has 1 heterocycles. The van der Waals surface area contributed by atoms with Crippen molar-refractivity contribution in [2.75, 3.05) is 19.6 Å². The largest absolute Gasteiger partial charge is 0.299 e. The molecule has 0 N–H and O–H groups in total. The topological polar surface area (TPSA) is 3.24 Å². The molecule has 0 aliphatic carbocycles. The highest BCUT2D eigenvalue weighted by Gasteiger charge is 2.19. The molecule has 0 spiro atoms. The maximum Gasteiger partial charge on any atom is 0.0193 e. The van der Waals surface area contributed by atoms with Gasteiger partial charge in [0.05, 0.1) is 0 Å². The summed E-state index contributed by atoms with van der Waals surface area (Å²) in [6, 6.07) is 10.9. The van der Waals surface area contributed by atoms with E-state index in [9.17, 15) is 0 Å². The highest BCUT2D eigenvalue weighted by Crippen LogP contribution is 2.27. The zero-order valence-electron chi connectivity index (χ0n) is 11.3. The van der Waals surface area contributed by atoms with E-state index in [-0.39, 0.29) is 0 Å². The van der Waals surface area contributed by atoms with E-state index in [0.717, 1.165) is 12.5 Å². The van der Waals surface area contributed by atoms with E-state index >= 15 is 0 Å². The minimum Gasteiger partial charge on any atom is -0.299 e. The lowest BCUT2D eigenvalue weighted by atomic mass is 9.89. The van der Waals surface area contributed by atoms with E-state index in [1.54, 1.807) is 0 Å². The lowest BCUT2D eigenvalue weighted by Gasteiger charge is -2.32. The van der Waals surface area contributed by atoms with Gasteiger partial charge in [-0.15, -0.1) is 0 Å². The van der Waals surface area contributed by atoms with Crippen LogP contribution in [0.25, 0.3) is 0 Å². The van der Waals surface area contributed by atoms with Crippen LogP contribution >= 0.6 is 0 Å². The third kappa shape index (κ3) is 3.58. The van der Waals surface area contributed by atoms with Gasteiger partial charge in [0.25, 0.3) is 0 Å². The quantitative estimate of drug-likeness (QED) is 0.720. The molecule has 0 atom stereocenters. The molecule has 0 bridgehead atoms. The van der Waals surface area contributed by atoms with Crippen molar-refractivity contribution in [1.82, 2.24) is 4.90 Å². The minimum atomic E-state index is 0.756. The molecule has 0 aromatic heterocycles. The van der Waals surface area contributed by atoms with Crippen LogP contribution < -0.4 is 0 Å². The molecular formula is C17H23N. The summed E-state index contributed by atoms with van der Waals surface area (Å²) in [5.41, 5.74) is 2.92. The predicted molar refractivity (Wildman–Crippen MR) is 78.8 cm³/mol. The van der Waals surface area contributed by atoms with Crippen LogP contribution in [0.15, 0.2) is 54.6 Å². The van der Waals surface area contributed by atoms with Crippen molar-refractivity contribution in [3.05, 3.63) is 60.2 Å². The molecule has 1 aliphatic rings. The molecule has 0 amide bonds. The van der Waals surface area contributed by atoms with Crippen molar-refractivity contribution in [3.8, 4) is 0 Å². The number of hydrogen-bond acceptors (Lipinski definition) is 1. The van der Waals surface area contributed by atoms with Gasteiger partial charge in [-0.25, -0.2) is 0 Å². The van der Waals surface area contributed by atoms with Crippen molar-refractivity contribution < 1.29 is 0 Å². The molecule has 96 valence electrons. The summed E-state index contributed by atoms with van der Waals surface area (Å²) in [6.07, 6.45) is 6.56. The standard InChI is InChI=1S/C17H23N/c1-3-7-15(2)14-18-12-10-17(11-13-18)16-8-5-4-6-9-16/h3-9,17H,1,10-14H2,2H3. The highest BCUT2D eigenvalue weighted by atomic mass is 15.1.